The Balaban J connectivity index is 1.76. The number of hydrogen-bond donors (Lipinski definition) is 0. The molecule has 0 amide bonds. The molecule has 2 fully saturated rings. The fourth-order valence-electron chi connectivity index (χ4n) is 3.97. The third kappa shape index (κ3) is 3.08. The number of aromatic nitrogens is 2. The average molecular weight is 325 g/mol. The molecule has 1 saturated carbocycles. The Labute approximate surface area is 133 Å². The average Bonchev–Trinajstić information content (AvgIpc) is 2.87. The van der Waals surface area contributed by atoms with Gasteiger partial charge in [0.25, 0.3) is 0 Å². The monoisotopic (exact) mass is 325 g/mol. The van der Waals surface area contributed by atoms with Crippen LogP contribution in [0.2, 0.25) is 0 Å². The van der Waals surface area contributed by atoms with Gasteiger partial charge in [0.2, 0.25) is 10.0 Å². The molecule has 1 atom stereocenters. The van der Waals surface area contributed by atoms with Crippen LogP contribution in [0.3, 0.4) is 0 Å². The minimum Gasteiger partial charge on any atom is -0.337 e. The second kappa shape index (κ2) is 6.32. The first-order chi connectivity index (χ1) is 10.5. The SMILES string of the molecule is Cc1cn(C)c(C2CCCN(S(=O)(=O)C3CCCCC3)C2)n1. The molecule has 3 rings (SSSR count). The van der Waals surface area contributed by atoms with Gasteiger partial charge in [0.05, 0.1) is 10.9 Å². The molecule has 0 aromatic carbocycles. The van der Waals surface area contributed by atoms with Crippen LogP contribution in [-0.4, -0.2) is 40.6 Å². The van der Waals surface area contributed by atoms with Crippen molar-refractivity contribution in [3.05, 3.63) is 17.7 Å². The number of piperidine rings is 1. The van der Waals surface area contributed by atoms with Crippen LogP contribution in [0.15, 0.2) is 6.20 Å². The van der Waals surface area contributed by atoms with E-state index in [2.05, 4.69) is 9.55 Å². The predicted octanol–water partition coefficient (Wildman–Crippen LogP) is 2.57. The summed E-state index contributed by atoms with van der Waals surface area (Å²) in [5, 5.41) is -0.150. The lowest BCUT2D eigenvalue weighted by Crippen LogP contribution is -2.44. The lowest BCUT2D eigenvalue weighted by Gasteiger charge is -2.35. The molecule has 1 aromatic rings. The van der Waals surface area contributed by atoms with Crippen molar-refractivity contribution < 1.29 is 8.42 Å². The van der Waals surface area contributed by atoms with Gasteiger partial charge in [-0.05, 0) is 32.6 Å². The molecule has 5 nitrogen and oxygen atoms in total. The van der Waals surface area contributed by atoms with Gasteiger partial charge in [-0.1, -0.05) is 19.3 Å². The Bertz CT molecular complexity index is 617. The van der Waals surface area contributed by atoms with Gasteiger partial charge >= 0.3 is 0 Å². The quantitative estimate of drug-likeness (QED) is 0.858. The molecule has 0 N–H and O–H groups in total. The molecule has 0 radical (unpaired) electrons. The molecule has 0 bridgehead atoms. The molecule has 2 heterocycles. The van der Waals surface area contributed by atoms with E-state index >= 15 is 0 Å². The fraction of sp³-hybridized carbons (Fsp3) is 0.812. The molecule has 124 valence electrons. The molecule has 1 aliphatic heterocycles. The van der Waals surface area contributed by atoms with E-state index in [0.717, 1.165) is 50.0 Å². The van der Waals surface area contributed by atoms with Crippen molar-refractivity contribution in [2.45, 2.75) is 63.0 Å². The Hall–Kier alpha value is -0.880. The Morgan fingerprint density at radius 2 is 1.86 bits per heavy atom. The molecule has 22 heavy (non-hydrogen) atoms. The van der Waals surface area contributed by atoms with Gasteiger partial charge in [0, 0.05) is 32.3 Å². The molecular weight excluding hydrogens is 298 g/mol. The first kappa shape index (κ1) is 16.0. The minimum atomic E-state index is -3.14. The Morgan fingerprint density at radius 1 is 1.14 bits per heavy atom. The van der Waals surface area contributed by atoms with Crippen molar-refractivity contribution in [3.63, 3.8) is 0 Å². The van der Waals surface area contributed by atoms with Gasteiger partial charge in [-0.2, -0.15) is 0 Å². The van der Waals surface area contributed by atoms with Gasteiger partial charge in [-0.25, -0.2) is 17.7 Å². The number of imidazole rings is 1. The van der Waals surface area contributed by atoms with E-state index < -0.39 is 10.0 Å². The van der Waals surface area contributed by atoms with Crippen molar-refractivity contribution in [2.24, 2.45) is 7.05 Å². The summed E-state index contributed by atoms with van der Waals surface area (Å²) in [5.41, 5.74) is 1.00. The van der Waals surface area contributed by atoms with E-state index in [4.69, 9.17) is 0 Å². The lowest BCUT2D eigenvalue weighted by molar-refractivity contribution is 0.299. The second-order valence-corrected chi connectivity index (χ2v) is 9.07. The summed E-state index contributed by atoms with van der Waals surface area (Å²) in [6.07, 6.45) is 8.95. The highest BCUT2D eigenvalue weighted by molar-refractivity contribution is 7.89. The number of hydrogen-bond acceptors (Lipinski definition) is 3. The third-order valence-corrected chi connectivity index (χ3v) is 7.48. The number of nitrogens with zero attached hydrogens (tertiary/aromatic N) is 3. The zero-order valence-electron chi connectivity index (χ0n) is 13.7. The summed E-state index contributed by atoms with van der Waals surface area (Å²) in [6.45, 7) is 3.27. The first-order valence-corrected chi connectivity index (χ1v) is 9.97. The van der Waals surface area contributed by atoms with Gasteiger partial charge in [0.1, 0.15) is 5.82 Å². The molecule has 1 unspecified atom stereocenters. The third-order valence-electron chi connectivity index (χ3n) is 5.12. The van der Waals surface area contributed by atoms with Crippen molar-refractivity contribution in [1.29, 1.82) is 0 Å². The zero-order valence-corrected chi connectivity index (χ0v) is 14.5. The summed E-state index contributed by atoms with van der Waals surface area (Å²) in [6, 6.07) is 0. The van der Waals surface area contributed by atoms with Crippen LogP contribution in [0, 0.1) is 6.92 Å². The topological polar surface area (TPSA) is 55.2 Å². The van der Waals surface area contributed by atoms with Crippen LogP contribution in [0.1, 0.15) is 62.4 Å². The van der Waals surface area contributed by atoms with Gasteiger partial charge in [0.15, 0.2) is 0 Å². The van der Waals surface area contributed by atoms with Crippen molar-refractivity contribution in [2.75, 3.05) is 13.1 Å². The van der Waals surface area contributed by atoms with Crippen LogP contribution >= 0.6 is 0 Å². The van der Waals surface area contributed by atoms with E-state index in [0.29, 0.717) is 13.1 Å². The second-order valence-electron chi connectivity index (χ2n) is 6.85. The highest BCUT2D eigenvalue weighted by Gasteiger charge is 2.36. The maximum absolute atomic E-state index is 12.9. The number of aryl methyl sites for hydroxylation is 2. The van der Waals surface area contributed by atoms with Gasteiger partial charge in [-0.3, -0.25) is 0 Å². The largest absolute Gasteiger partial charge is 0.337 e. The van der Waals surface area contributed by atoms with Crippen LogP contribution in [0.5, 0.6) is 0 Å². The maximum Gasteiger partial charge on any atom is 0.217 e. The van der Waals surface area contributed by atoms with Gasteiger partial charge < -0.3 is 4.57 Å². The zero-order chi connectivity index (χ0) is 15.7. The predicted molar refractivity (Wildman–Crippen MR) is 87.3 cm³/mol. The standard InChI is InChI=1S/C16H27N3O2S/c1-13-11-18(2)16(17-13)14-7-6-10-19(12-14)22(20,21)15-8-4-3-5-9-15/h11,14-15H,3-10,12H2,1-2H3. The van der Waals surface area contributed by atoms with E-state index in [1.165, 1.54) is 6.42 Å². The molecule has 1 aliphatic carbocycles. The molecular formula is C16H27N3O2S. The van der Waals surface area contributed by atoms with Crippen LogP contribution in [0.25, 0.3) is 0 Å². The highest BCUT2D eigenvalue weighted by Crippen LogP contribution is 2.32. The molecule has 6 heteroatoms. The fourth-order valence-corrected chi connectivity index (χ4v) is 6.09. The van der Waals surface area contributed by atoms with Crippen LogP contribution < -0.4 is 0 Å². The summed E-state index contributed by atoms with van der Waals surface area (Å²) in [7, 11) is -1.13. The smallest absolute Gasteiger partial charge is 0.217 e. The van der Waals surface area contributed by atoms with Gasteiger partial charge in [-0.15, -0.1) is 0 Å². The number of rotatable bonds is 3. The Kier molecular flexibility index (Phi) is 4.59. The number of sulfonamides is 1. The lowest BCUT2D eigenvalue weighted by atomic mass is 9.99. The first-order valence-electron chi connectivity index (χ1n) is 8.47. The van der Waals surface area contributed by atoms with Crippen LogP contribution in [0.4, 0.5) is 0 Å². The van der Waals surface area contributed by atoms with Crippen LogP contribution in [-0.2, 0) is 17.1 Å². The van der Waals surface area contributed by atoms with E-state index in [1.807, 2.05) is 20.2 Å². The van der Waals surface area contributed by atoms with E-state index in [1.54, 1.807) is 4.31 Å². The minimum absolute atomic E-state index is 0.150. The summed E-state index contributed by atoms with van der Waals surface area (Å²) in [5.74, 6) is 1.26. The summed E-state index contributed by atoms with van der Waals surface area (Å²) in [4.78, 5) is 4.60. The van der Waals surface area contributed by atoms with E-state index in [-0.39, 0.29) is 11.2 Å². The summed E-state index contributed by atoms with van der Waals surface area (Å²) < 4.78 is 29.6. The molecule has 0 spiro atoms. The van der Waals surface area contributed by atoms with Crippen molar-refractivity contribution in [3.8, 4) is 0 Å². The maximum atomic E-state index is 12.9. The molecule has 1 saturated heterocycles. The van der Waals surface area contributed by atoms with Crippen molar-refractivity contribution in [1.82, 2.24) is 13.9 Å². The molecule has 1 aromatic heterocycles. The summed E-state index contributed by atoms with van der Waals surface area (Å²) >= 11 is 0. The van der Waals surface area contributed by atoms with Crippen molar-refractivity contribution >= 4 is 10.0 Å². The Morgan fingerprint density at radius 3 is 2.50 bits per heavy atom. The normalized spacial score (nSPS) is 25.5. The molecule has 2 aliphatic rings. The highest BCUT2D eigenvalue weighted by atomic mass is 32.2. The van der Waals surface area contributed by atoms with E-state index in [9.17, 15) is 8.42 Å².